The number of fused-ring (bicyclic) bond motifs is 1. The fraction of sp³-hybridized carbons (Fsp3) is 0.375. The fourth-order valence-corrected chi connectivity index (χ4v) is 4.27. The van der Waals surface area contributed by atoms with Crippen LogP contribution in [0, 0.1) is 0 Å². The van der Waals surface area contributed by atoms with Crippen molar-refractivity contribution in [3.63, 3.8) is 0 Å². The van der Waals surface area contributed by atoms with E-state index in [1.807, 2.05) is 46.2 Å². The van der Waals surface area contributed by atoms with Crippen LogP contribution in [-0.4, -0.2) is 46.7 Å². The molecule has 0 radical (unpaired) electrons. The van der Waals surface area contributed by atoms with Gasteiger partial charge < -0.3 is 15.8 Å². The Morgan fingerprint density at radius 3 is 2.72 bits per heavy atom. The standard InChI is InChI=1S/C24H31BN6O/c1-4-6-16(5-2)20-8-7-17(13-27-20)19-14-28-31-23(26)21(25)22(30-24(19)31)15(3)29-18-9-11-32-12-10-18/h4-8,13-15,18,29H,9-12,25-26H2,1-3H3/b6-4-,16-5+. The molecule has 3 aromatic rings. The van der Waals surface area contributed by atoms with E-state index in [-0.39, 0.29) is 6.04 Å². The highest BCUT2D eigenvalue weighted by atomic mass is 16.5. The molecule has 1 atom stereocenters. The number of nitrogen functional groups attached to an aromatic ring is 1. The summed E-state index contributed by atoms with van der Waals surface area (Å²) in [5.74, 6) is 0.616. The normalized spacial score (nSPS) is 16.8. The van der Waals surface area contributed by atoms with E-state index in [4.69, 9.17) is 15.5 Å². The minimum Gasteiger partial charge on any atom is -0.384 e. The lowest BCUT2D eigenvalue weighted by Gasteiger charge is -2.27. The lowest BCUT2D eigenvalue weighted by molar-refractivity contribution is 0.0753. The second-order valence-electron chi connectivity index (χ2n) is 8.25. The molecule has 0 saturated carbocycles. The smallest absolute Gasteiger partial charge is 0.165 e. The SMILES string of the molecule is Bc1c(C(C)NC2CCOCC2)nc2c(-c3ccc(C(/C=C\C)=C/C)nc3)cnn2c1N. The van der Waals surface area contributed by atoms with Crippen molar-refractivity contribution in [3.05, 3.63) is 54.1 Å². The fourth-order valence-electron chi connectivity index (χ4n) is 4.27. The van der Waals surface area contributed by atoms with Crippen LogP contribution in [0.3, 0.4) is 0 Å². The third-order valence-electron chi connectivity index (χ3n) is 6.11. The Labute approximate surface area is 190 Å². The number of rotatable bonds is 6. The molecule has 166 valence electrons. The molecule has 0 spiro atoms. The molecule has 3 N–H and O–H groups in total. The minimum absolute atomic E-state index is 0.0757. The lowest BCUT2D eigenvalue weighted by atomic mass is 9.91. The molecule has 1 fully saturated rings. The molecular formula is C24H31BN6O. The molecule has 7 nitrogen and oxygen atoms in total. The number of pyridine rings is 1. The van der Waals surface area contributed by atoms with Crippen LogP contribution in [-0.2, 0) is 4.74 Å². The van der Waals surface area contributed by atoms with Crippen molar-refractivity contribution in [3.8, 4) is 11.1 Å². The molecule has 4 heterocycles. The van der Waals surface area contributed by atoms with Crippen molar-refractivity contribution >= 4 is 30.3 Å². The second kappa shape index (κ2) is 9.67. The zero-order valence-electron chi connectivity index (χ0n) is 19.3. The van der Waals surface area contributed by atoms with Gasteiger partial charge in [-0.3, -0.25) is 4.98 Å². The maximum atomic E-state index is 6.48. The molecule has 1 saturated heterocycles. The molecule has 0 amide bonds. The summed E-state index contributed by atoms with van der Waals surface area (Å²) in [6.45, 7) is 7.77. The van der Waals surface area contributed by atoms with Crippen LogP contribution in [0.5, 0.6) is 0 Å². The molecule has 4 rings (SSSR count). The van der Waals surface area contributed by atoms with Gasteiger partial charge in [0.15, 0.2) is 5.65 Å². The molecule has 1 aliphatic heterocycles. The highest BCUT2D eigenvalue weighted by Crippen LogP contribution is 2.26. The molecule has 1 aliphatic rings. The van der Waals surface area contributed by atoms with Crippen LogP contribution in [0.1, 0.15) is 51.0 Å². The third-order valence-corrected chi connectivity index (χ3v) is 6.11. The second-order valence-corrected chi connectivity index (χ2v) is 8.25. The molecule has 0 aliphatic carbocycles. The maximum Gasteiger partial charge on any atom is 0.165 e. The van der Waals surface area contributed by atoms with Gasteiger partial charge in [-0.2, -0.15) is 9.61 Å². The van der Waals surface area contributed by atoms with Crippen LogP contribution in [0.2, 0.25) is 0 Å². The maximum absolute atomic E-state index is 6.48. The van der Waals surface area contributed by atoms with Crippen LogP contribution in [0.4, 0.5) is 5.82 Å². The first-order valence-corrected chi connectivity index (χ1v) is 11.3. The zero-order valence-corrected chi connectivity index (χ0v) is 19.3. The number of allylic oxidation sites excluding steroid dienone is 4. The van der Waals surface area contributed by atoms with Gasteiger partial charge >= 0.3 is 0 Å². The largest absolute Gasteiger partial charge is 0.384 e. The molecule has 1 unspecified atom stereocenters. The molecule has 0 bridgehead atoms. The number of nitrogens with one attached hydrogen (secondary N) is 1. The van der Waals surface area contributed by atoms with Crippen LogP contribution < -0.4 is 16.5 Å². The summed E-state index contributed by atoms with van der Waals surface area (Å²) >= 11 is 0. The molecule has 3 aromatic heterocycles. The topological polar surface area (TPSA) is 90.4 Å². The van der Waals surface area contributed by atoms with Crippen molar-refractivity contribution in [1.29, 1.82) is 0 Å². The summed E-state index contributed by atoms with van der Waals surface area (Å²) in [7, 11) is 2.01. The van der Waals surface area contributed by atoms with E-state index >= 15 is 0 Å². The number of nitrogens with zero attached hydrogens (tertiary/aromatic N) is 4. The Morgan fingerprint density at radius 1 is 1.28 bits per heavy atom. The van der Waals surface area contributed by atoms with Crippen LogP contribution in [0.15, 0.2) is 42.8 Å². The lowest BCUT2D eigenvalue weighted by Crippen LogP contribution is -2.39. The summed E-state index contributed by atoms with van der Waals surface area (Å²) < 4.78 is 7.21. The quantitative estimate of drug-likeness (QED) is 0.461. The highest BCUT2D eigenvalue weighted by molar-refractivity contribution is 6.36. The van der Waals surface area contributed by atoms with E-state index < -0.39 is 0 Å². The van der Waals surface area contributed by atoms with E-state index in [0.717, 1.165) is 65.3 Å². The Morgan fingerprint density at radius 2 is 2.06 bits per heavy atom. The van der Waals surface area contributed by atoms with E-state index in [0.29, 0.717) is 11.9 Å². The van der Waals surface area contributed by atoms with Gasteiger partial charge in [0.05, 0.1) is 17.6 Å². The van der Waals surface area contributed by atoms with Crippen LogP contribution in [0.25, 0.3) is 22.3 Å². The molecule has 0 aromatic carbocycles. The summed E-state index contributed by atoms with van der Waals surface area (Å²) in [4.78, 5) is 9.68. The van der Waals surface area contributed by atoms with Crippen molar-refractivity contribution in [2.75, 3.05) is 18.9 Å². The van der Waals surface area contributed by atoms with E-state index in [2.05, 4.69) is 40.5 Å². The van der Waals surface area contributed by atoms with E-state index in [9.17, 15) is 0 Å². The van der Waals surface area contributed by atoms with Crippen molar-refractivity contribution in [1.82, 2.24) is 24.9 Å². The Hall–Kier alpha value is -2.97. The van der Waals surface area contributed by atoms with Gasteiger partial charge in [-0.05, 0) is 50.7 Å². The average molecular weight is 430 g/mol. The van der Waals surface area contributed by atoms with Gasteiger partial charge in [-0.15, -0.1) is 0 Å². The summed E-state index contributed by atoms with van der Waals surface area (Å²) in [6.07, 6.45) is 11.8. The number of anilines is 1. The van der Waals surface area contributed by atoms with E-state index in [1.165, 1.54) is 0 Å². The summed E-state index contributed by atoms with van der Waals surface area (Å²) in [5, 5.41) is 8.22. The predicted molar refractivity (Wildman–Crippen MR) is 133 cm³/mol. The van der Waals surface area contributed by atoms with Crippen LogP contribution >= 0.6 is 0 Å². The molecule has 8 heteroatoms. The first-order valence-electron chi connectivity index (χ1n) is 11.3. The summed E-state index contributed by atoms with van der Waals surface area (Å²) in [6, 6.07) is 4.60. The zero-order chi connectivity index (χ0) is 22.7. The van der Waals surface area contributed by atoms with Gasteiger partial charge in [0, 0.05) is 42.6 Å². The Kier molecular flexibility index (Phi) is 6.72. The molecular weight excluding hydrogens is 399 g/mol. The number of ether oxygens (including phenoxy) is 1. The monoisotopic (exact) mass is 430 g/mol. The van der Waals surface area contributed by atoms with Gasteiger partial charge in [0.25, 0.3) is 0 Å². The summed E-state index contributed by atoms with van der Waals surface area (Å²) in [5.41, 5.74) is 13.0. The average Bonchev–Trinajstić information content (AvgIpc) is 3.24. The van der Waals surface area contributed by atoms with Crippen molar-refractivity contribution in [2.45, 2.75) is 45.7 Å². The predicted octanol–water partition coefficient (Wildman–Crippen LogP) is 2.44. The number of hydrogen-bond donors (Lipinski definition) is 2. The molecule has 32 heavy (non-hydrogen) atoms. The van der Waals surface area contributed by atoms with Gasteiger partial charge in [0.1, 0.15) is 13.7 Å². The highest BCUT2D eigenvalue weighted by Gasteiger charge is 2.22. The first kappa shape index (κ1) is 22.2. The Balaban J connectivity index is 1.69. The van der Waals surface area contributed by atoms with Gasteiger partial charge in [-0.1, -0.05) is 24.3 Å². The third kappa shape index (κ3) is 4.33. The Bertz CT molecular complexity index is 1150. The van der Waals surface area contributed by atoms with Crippen molar-refractivity contribution < 1.29 is 4.74 Å². The van der Waals surface area contributed by atoms with Gasteiger partial charge in [-0.25, -0.2) is 4.98 Å². The van der Waals surface area contributed by atoms with Crippen molar-refractivity contribution in [2.24, 2.45) is 0 Å². The van der Waals surface area contributed by atoms with Gasteiger partial charge in [0.2, 0.25) is 0 Å². The number of aromatic nitrogens is 4. The number of nitrogens with two attached hydrogens (primary N) is 1. The minimum atomic E-state index is 0.0757. The first-order chi connectivity index (χ1) is 15.5. The van der Waals surface area contributed by atoms with E-state index in [1.54, 1.807) is 4.52 Å². The number of hydrogen-bond acceptors (Lipinski definition) is 6.